The number of carbonyl (C=O) groups excluding carboxylic acids is 4. The zero-order valence-electron chi connectivity index (χ0n) is 20.1. The quantitative estimate of drug-likeness (QED) is 0.189. The fraction of sp³-hybridized carbons (Fsp3) is 0.357. The minimum atomic E-state index is -1.11. The molecule has 2 bridgehead atoms. The molecule has 1 saturated heterocycles. The smallest absolute Gasteiger partial charge is 0.273 e. The van der Waals surface area contributed by atoms with Crippen molar-refractivity contribution in [2.45, 2.75) is 25.8 Å². The Labute approximate surface area is 212 Å². The van der Waals surface area contributed by atoms with E-state index < -0.39 is 46.3 Å². The number of hydrogen-bond acceptors (Lipinski definition) is 6. The Morgan fingerprint density at radius 3 is 2.03 bits per heavy atom. The Hall–Kier alpha value is -4.14. The number of rotatable bonds is 7. The number of allylic oxidation sites excluding steroid dienone is 2. The molecule has 9 heteroatoms. The van der Waals surface area contributed by atoms with Gasteiger partial charge in [0.05, 0.1) is 16.8 Å². The van der Waals surface area contributed by atoms with E-state index >= 15 is 0 Å². The lowest BCUT2D eigenvalue weighted by atomic mass is 9.63. The summed E-state index contributed by atoms with van der Waals surface area (Å²) < 4.78 is 0. The van der Waals surface area contributed by atoms with E-state index in [1.807, 2.05) is 12.2 Å². The molecule has 7 rings (SSSR count). The van der Waals surface area contributed by atoms with Gasteiger partial charge in [-0.2, -0.15) is 5.01 Å². The summed E-state index contributed by atoms with van der Waals surface area (Å²) in [5.41, 5.74) is 0.205. The highest BCUT2D eigenvalue weighted by Crippen LogP contribution is 2.65. The van der Waals surface area contributed by atoms with Gasteiger partial charge in [0.2, 0.25) is 0 Å². The van der Waals surface area contributed by atoms with Crippen LogP contribution in [0.2, 0.25) is 0 Å². The van der Waals surface area contributed by atoms with Crippen LogP contribution in [0.15, 0.2) is 66.7 Å². The van der Waals surface area contributed by atoms with E-state index in [0.717, 1.165) is 16.4 Å². The first-order chi connectivity index (χ1) is 17.8. The van der Waals surface area contributed by atoms with Gasteiger partial charge in [0.25, 0.3) is 23.4 Å². The van der Waals surface area contributed by atoms with Crippen molar-refractivity contribution in [2.75, 3.05) is 0 Å². The molecule has 2 saturated carbocycles. The molecule has 3 amide bonds. The van der Waals surface area contributed by atoms with Crippen LogP contribution in [0.25, 0.3) is 0 Å². The molecule has 0 unspecified atom stereocenters. The Kier molecular flexibility index (Phi) is 5.33. The van der Waals surface area contributed by atoms with Crippen LogP contribution >= 0.6 is 0 Å². The van der Waals surface area contributed by atoms with Gasteiger partial charge < -0.3 is 0 Å². The molecule has 0 radical (unpaired) electrons. The zero-order valence-corrected chi connectivity index (χ0v) is 20.1. The number of nitro groups is 1. The molecule has 2 aromatic rings. The van der Waals surface area contributed by atoms with Gasteiger partial charge in [-0.05, 0) is 48.6 Å². The highest BCUT2D eigenvalue weighted by molar-refractivity contribution is 6.11. The van der Waals surface area contributed by atoms with Gasteiger partial charge in [0, 0.05) is 23.3 Å². The average Bonchev–Trinajstić information content (AvgIpc) is 3.71. The van der Waals surface area contributed by atoms with Crippen molar-refractivity contribution in [3.8, 4) is 0 Å². The minimum absolute atomic E-state index is 0.0392. The van der Waals surface area contributed by atoms with Crippen LogP contribution in [0.1, 0.15) is 40.5 Å². The predicted molar refractivity (Wildman–Crippen MR) is 131 cm³/mol. The molecule has 0 N–H and O–H groups in total. The van der Waals surface area contributed by atoms with E-state index in [2.05, 4.69) is 0 Å². The SMILES string of the molecule is CC[C@H](C(=O)c1ccccc1)N(C(=O)c1ccc([N+](=O)[O-])cc1)N1C(=O)[C@@H]2[C@H]3C=C[C@@H]([C@@H]4C[C@H]34)[C@H]2C1=O. The lowest BCUT2D eigenvalue weighted by Gasteiger charge is -2.37. The van der Waals surface area contributed by atoms with Crippen LogP contribution in [0, 0.1) is 45.6 Å². The van der Waals surface area contributed by atoms with Crippen molar-refractivity contribution in [1.29, 1.82) is 0 Å². The lowest BCUT2D eigenvalue weighted by molar-refractivity contribution is -0.384. The summed E-state index contributed by atoms with van der Waals surface area (Å²) in [7, 11) is 0. The summed E-state index contributed by atoms with van der Waals surface area (Å²) in [6.07, 6.45) is 5.26. The molecule has 3 fully saturated rings. The second kappa shape index (κ2) is 8.47. The van der Waals surface area contributed by atoms with Gasteiger partial charge >= 0.3 is 0 Å². The lowest BCUT2D eigenvalue weighted by Crippen LogP contribution is -2.57. The standard InChI is InChI=1S/C28H25N3O6/c1-2-22(25(32)15-6-4-3-5-7-15)29(26(33)16-8-10-17(11-9-16)31(36)37)30-27(34)23-18-12-13-19(21-14-20(18)21)24(23)28(30)35/h3-13,18-24H,2,14H2,1H3/t18-,19-,20-,21+,22+,23+,24+/m0/s1. The molecule has 7 atom stereocenters. The van der Waals surface area contributed by atoms with Gasteiger partial charge in [-0.1, -0.05) is 49.4 Å². The van der Waals surface area contributed by atoms with Crippen molar-refractivity contribution >= 4 is 29.2 Å². The number of Topliss-reactive ketones (excluding diaryl/α,β-unsaturated/α-hetero) is 1. The first-order valence-electron chi connectivity index (χ1n) is 12.6. The monoisotopic (exact) mass is 499 g/mol. The van der Waals surface area contributed by atoms with E-state index in [1.165, 1.54) is 24.3 Å². The highest BCUT2D eigenvalue weighted by Gasteiger charge is 2.68. The number of hydrogen-bond donors (Lipinski definition) is 0. The first-order valence-corrected chi connectivity index (χ1v) is 12.6. The summed E-state index contributed by atoms with van der Waals surface area (Å²) in [5.74, 6) is -2.39. The summed E-state index contributed by atoms with van der Waals surface area (Å²) in [6, 6.07) is 12.3. The Balaban J connectivity index is 1.42. The molecule has 1 heterocycles. The second-order valence-corrected chi connectivity index (χ2v) is 10.3. The van der Waals surface area contributed by atoms with Gasteiger partial charge in [-0.3, -0.25) is 29.3 Å². The van der Waals surface area contributed by atoms with E-state index in [1.54, 1.807) is 37.3 Å². The summed E-state index contributed by atoms with van der Waals surface area (Å²) in [4.78, 5) is 65.9. The van der Waals surface area contributed by atoms with Crippen LogP contribution in [-0.4, -0.2) is 44.5 Å². The third-order valence-corrected chi connectivity index (χ3v) is 8.43. The Bertz CT molecular complexity index is 1320. The van der Waals surface area contributed by atoms with E-state index in [9.17, 15) is 29.3 Å². The number of hydrazine groups is 1. The van der Waals surface area contributed by atoms with Crippen molar-refractivity contribution in [3.63, 3.8) is 0 Å². The van der Waals surface area contributed by atoms with Crippen molar-refractivity contribution in [3.05, 3.63) is 88.0 Å². The molecule has 5 aliphatic rings. The third kappa shape index (κ3) is 3.44. The topological polar surface area (TPSA) is 118 Å². The van der Waals surface area contributed by atoms with E-state index in [0.29, 0.717) is 17.4 Å². The Morgan fingerprint density at radius 1 is 0.946 bits per heavy atom. The maximum Gasteiger partial charge on any atom is 0.273 e. The van der Waals surface area contributed by atoms with Crippen molar-refractivity contribution in [1.82, 2.24) is 10.0 Å². The molecular weight excluding hydrogens is 474 g/mol. The molecule has 188 valence electrons. The molecular formula is C28H25N3O6. The molecule has 0 spiro atoms. The van der Waals surface area contributed by atoms with Gasteiger partial charge in [-0.25, -0.2) is 5.01 Å². The van der Waals surface area contributed by atoms with Gasteiger partial charge in [-0.15, -0.1) is 0 Å². The van der Waals surface area contributed by atoms with Crippen LogP contribution in [0.5, 0.6) is 0 Å². The van der Waals surface area contributed by atoms with Gasteiger partial charge in [0.1, 0.15) is 6.04 Å². The largest absolute Gasteiger partial charge is 0.292 e. The molecule has 9 nitrogen and oxygen atoms in total. The maximum absolute atomic E-state index is 13.9. The minimum Gasteiger partial charge on any atom is -0.292 e. The van der Waals surface area contributed by atoms with Crippen LogP contribution in [0.3, 0.4) is 0 Å². The molecule has 1 aliphatic heterocycles. The second-order valence-electron chi connectivity index (χ2n) is 10.3. The fourth-order valence-electron chi connectivity index (χ4n) is 6.65. The number of non-ortho nitro benzene ring substituents is 1. The van der Waals surface area contributed by atoms with Gasteiger partial charge in [0.15, 0.2) is 5.78 Å². The number of imide groups is 1. The summed E-state index contributed by atoms with van der Waals surface area (Å²) >= 11 is 0. The number of nitrogens with zero attached hydrogens (tertiary/aromatic N) is 3. The summed E-state index contributed by atoms with van der Waals surface area (Å²) in [6.45, 7) is 1.72. The third-order valence-electron chi connectivity index (χ3n) is 8.43. The van der Waals surface area contributed by atoms with E-state index in [-0.39, 0.29) is 29.5 Å². The molecule has 2 aromatic carbocycles. The summed E-state index contributed by atoms with van der Waals surface area (Å²) in [5, 5.41) is 13.1. The first kappa shape index (κ1) is 23.3. The fourth-order valence-corrected chi connectivity index (χ4v) is 6.65. The molecule has 0 aromatic heterocycles. The van der Waals surface area contributed by atoms with Crippen LogP contribution in [-0.2, 0) is 9.59 Å². The number of ketones is 1. The van der Waals surface area contributed by atoms with Crippen LogP contribution < -0.4 is 0 Å². The zero-order chi connectivity index (χ0) is 26.0. The van der Waals surface area contributed by atoms with Crippen molar-refractivity contribution < 1.29 is 24.1 Å². The van der Waals surface area contributed by atoms with E-state index in [4.69, 9.17) is 0 Å². The number of benzene rings is 2. The predicted octanol–water partition coefficient (Wildman–Crippen LogP) is 3.67. The Morgan fingerprint density at radius 2 is 1.51 bits per heavy atom. The molecule has 37 heavy (non-hydrogen) atoms. The normalized spacial score (nSPS) is 29.5. The highest BCUT2D eigenvalue weighted by atomic mass is 16.6. The number of carbonyl (C=O) groups is 4. The average molecular weight is 500 g/mol. The number of amides is 3. The molecule has 4 aliphatic carbocycles. The van der Waals surface area contributed by atoms with Crippen molar-refractivity contribution in [2.24, 2.45) is 35.5 Å². The van der Waals surface area contributed by atoms with Crippen LogP contribution in [0.4, 0.5) is 5.69 Å². The maximum atomic E-state index is 13.9. The number of nitro benzene ring substituents is 1.